The van der Waals surface area contributed by atoms with Crippen molar-refractivity contribution in [3.8, 4) is 12.1 Å². The van der Waals surface area contributed by atoms with Gasteiger partial charge in [-0.2, -0.15) is 10.5 Å². The number of amides is 1. The maximum Gasteiger partial charge on any atom is 0.408 e. The second kappa shape index (κ2) is 9.47. The summed E-state index contributed by atoms with van der Waals surface area (Å²) in [4.78, 5) is 13.7. The molecule has 0 saturated heterocycles. The number of hydrogen-bond donors (Lipinski definition) is 1. The van der Waals surface area contributed by atoms with E-state index in [1.54, 1.807) is 38.6 Å². The molecule has 0 bridgehead atoms. The van der Waals surface area contributed by atoms with Gasteiger partial charge in [0.15, 0.2) is 0 Å². The van der Waals surface area contributed by atoms with Gasteiger partial charge in [0.2, 0.25) is 0 Å². The van der Waals surface area contributed by atoms with Crippen LogP contribution in [0.5, 0.6) is 0 Å². The molecule has 1 heterocycles. The van der Waals surface area contributed by atoms with Gasteiger partial charge in [-0.1, -0.05) is 48.0 Å². The monoisotopic (exact) mass is 451 g/mol. The van der Waals surface area contributed by atoms with E-state index >= 15 is 0 Å². The van der Waals surface area contributed by atoms with Crippen LogP contribution in [0.2, 0.25) is 5.02 Å². The van der Waals surface area contributed by atoms with Crippen molar-refractivity contribution in [2.45, 2.75) is 37.3 Å². The van der Waals surface area contributed by atoms with E-state index in [4.69, 9.17) is 16.3 Å². The number of nitrogens with one attached hydrogen (secondary N) is 1. The van der Waals surface area contributed by atoms with E-state index < -0.39 is 17.7 Å². The highest BCUT2D eigenvalue weighted by Crippen LogP contribution is 2.47. The molecule has 31 heavy (non-hydrogen) atoms. The van der Waals surface area contributed by atoms with E-state index in [1.807, 2.05) is 54.6 Å². The zero-order chi connectivity index (χ0) is 22.6. The normalized spacial score (nSPS) is 16.3. The number of fused-ring (bicyclic) bond motifs is 1. The van der Waals surface area contributed by atoms with Crippen LogP contribution in [-0.4, -0.2) is 17.4 Å². The van der Waals surface area contributed by atoms with Gasteiger partial charge in [0.1, 0.15) is 23.3 Å². The van der Waals surface area contributed by atoms with Gasteiger partial charge >= 0.3 is 6.09 Å². The Morgan fingerprint density at radius 3 is 2.45 bits per heavy atom. The van der Waals surface area contributed by atoms with Crippen molar-refractivity contribution in [2.24, 2.45) is 5.92 Å². The first-order valence-electron chi connectivity index (χ1n) is 9.75. The molecule has 0 saturated carbocycles. The molecule has 0 aromatic heterocycles. The molecule has 0 aliphatic carbocycles. The lowest BCUT2D eigenvalue weighted by Crippen LogP contribution is -2.39. The molecule has 2 aromatic rings. The van der Waals surface area contributed by atoms with Gasteiger partial charge in [-0.05, 0) is 49.6 Å². The summed E-state index contributed by atoms with van der Waals surface area (Å²) in [6, 6.07) is 18.4. The van der Waals surface area contributed by atoms with Gasteiger partial charge in [0, 0.05) is 21.6 Å². The van der Waals surface area contributed by atoms with Crippen LogP contribution in [0.1, 0.15) is 37.9 Å². The predicted molar refractivity (Wildman–Crippen MR) is 122 cm³/mol. The number of allylic oxidation sites excluding steroid dienone is 1. The molecule has 0 unspecified atom stereocenters. The third-order valence-corrected chi connectivity index (χ3v) is 6.31. The number of halogens is 1. The lowest BCUT2D eigenvalue weighted by Gasteiger charge is -2.35. The average molecular weight is 452 g/mol. The van der Waals surface area contributed by atoms with Gasteiger partial charge in [0.05, 0.1) is 6.04 Å². The maximum atomic E-state index is 12.7. The largest absolute Gasteiger partial charge is 0.444 e. The van der Waals surface area contributed by atoms with Gasteiger partial charge in [-0.3, -0.25) is 0 Å². The van der Waals surface area contributed by atoms with Crippen LogP contribution in [0.4, 0.5) is 4.79 Å². The zero-order valence-electron chi connectivity index (χ0n) is 17.5. The topological polar surface area (TPSA) is 85.9 Å². The maximum absolute atomic E-state index is 12.7. The number of nitriles is 2. The van der Waals surface area contributed by atoms with Crippen LogP contribution in [0.15, 0.2) is 59.0 Å². The van der Waals surface area contributed by atoms with E-state index in [1.165, 1.54) is 0 Å². The quantitative estimate of drug-likeness (QED) is 0.567. The predicted octanol–water partition coefficient (Wildman–Crippen LogP) is 6.13. The third-order valence-electron chi connectivity index (χ3n) is 4.77. The highest BCUT2D eigenvalue weighted by Gasteiger charge is 2.36. The molecule has 3 rings (SSSR count). The molecule has 2 atom stereocenters. The summed E-state index contributed by atoms with van der Waals surface area (Å²) in [5, 5.41) is 22.8. The second-order valence-electron chi connectivity index (χ2n) is 8.07. The summed E-state index contributed by atoms with van der Waals surface area (Å²) in [5.41, 5.74) is 1.49. The minimum atomic E-state index is -0.674. The molecule has 7 heteroatoms. The fraction of sp³-hybridized carbons (Fsp3) is 0.292. The Hall–Kier alpha value is -2.93. The van der Waals surface area contributed by atoms with Crippen molar-refractivity contribution < 1.29 is 9.53 Å². The molecule has 1 aliphatic rings. The lowest BCUT2D eigenvalue weighted by molar-refractivity contribution is 0.0495. The first-order chi connectivity index (χ1) is 14.7. The molecule has 5 nitrogen and oxygen atoms in total. The molecule has 1 aliphatic heterocycles. The Balaban J connectivity index is 2.15. The Morgan fingerprint density at radius 2 is 1.81 bits per heavy atom. The number of hydrogen-bond acceptors (Lipinski definition) is 5. The van der Waals surface area contributed by atoms with Crippen LogP contribution >= 0.6 is 23.4 Å². The highest BCUT2D eigenvalue weighted by molar-refractivity contribution is 7.99. The van der Waals surface area contributed by atoms with Crippen molar-refractivity contribution in [3.05, 3.63) is 70.3 Å². The van der Waals surface area contributed by atoms with Crippen molar-refractivity contribution in [3.63, 3.8) is 0 Å². The van der Waals surface area contributed by atoms with Gasteiger partial charge < -0.3 is 10.1 Å². The Kier molecular flexibility index (Phi) is 6.95. The lowest BCUT2D eigenvalue weighted by atomic mass is 9.82. The van der Waals surface area contributed by atoms with E-state index in [9.17, 15) is 15.3 Å². The average Bonchev–Trinajstić information content (AvgIpc) is 2.72. The van der Waals surface area contributed by atoms with Crippen LogP contribution in [-0.2, 0) is 4.74 Å². The number of benzene rings is 2. The van der Waals surface area contributed by atoms with Crippen molar-refractivity contribution in [2.75, 3.05) is 5.75 Å². The third kappa shape index (κ3) is 5.22. The summed E-state index contributed by atoms with van der Waals surface area (Å²) in [6.07, 6.45) is -0.587. The minimum absolute atomic E-state index is 0.0285. The number of ether oxygens (including phenoxy) is 1. The van der Waals surface area contributed by atoms with Crippen molar-refractivity contribution in [1.29, 1.82) is 10.5 Å². The van der Waals surface area contributed by atoms with Crippen molar-refractivity contribution >= 4 is 35.0 Å². The summed E-state index contributed by atoms with van der Waals surface area (Å²) >= 11 is 8.12. The number of alkyl carbamates (subject to hydrolysis) is 1. The summed E-state index contributed by atoms with van der Waals surface area (Å²) in [6.45, 7) is 5.37. The number of rotatable bonds is 3. The number of carbonyl (C=O) groups excluding carboxylic acids is 1. The Bertz CT molecular complexity index is 1090. The molecular weight excluding hydrogens is 430 g/mol. The smallest absolute Gasteiger partial charge is 0.408 e. The molecule has 1 amide bonds. The number of thioether (sulfide) groups is 1. The SMILES string of the molecule is CC(C)(C)OC(=O)N[C@@H](c1ccccc1Cl)[C@H]1CSc2ccccc2C1=C(C#N)C#N. The molecular formula is C24H22ClN3O2S. The molecule has 0 radical (unpaired) electrons. The zero-order valence-corrected chi connectivity index (χ0v) is 19.1. The second-order valence-corrected chi connectivity index (χ2v) is 9.54. The van der Waals surface area contributed by atoms with Crippen LogP contribution in [0.25, 0.3) is 5.57 Å². The molecule has 2 aromatic carbocycles. The van der Waals surface area contributed by atoms with Crippen LogP contribution in [0.3, 0.4) is 0 Å². The number of carbonyl (C=O) groups is 1. The van der Waals surface area contributed by atoms with Gasteiger partial charge in [-0.15, -0.1) is 11.8 Å². The molecule has 158 valence electrons. The van der Waals surface area contributed by atoms with Crippen LogP contribution < -0.4 is 5.32 Å². The summed E-state index contributed by atoms with van der Waals surface area (Å²) in [7, 11) is 0. The van der Waals surface area contributed by atoms with Gasteiger partial charge in [-0.25, -0.2) is 4.79 Å². The molecule has 1 N–H and O–H groups in total. The van der Waals surface area contributed by atoms with Crippen LogP contribution in [0, 0.1) is 28.6 Å². The standard InChI is InChI=1S/C24H22ClN3O2S/c1-24(2,3)30-23(29)28-22(16-8-4-6-10-19(16)25)18-14-31-20-11-7-5-9-17(20)21(18)15(12-26)13-27/h4-11,18,22H,14H2,1-3H3,(H,28,29)/t18-,22-/m0/s1. The molecule has 0 spiro atoms. The first kappa shape index (κ1) is 22.7. The summed E-state index contributed by atoms with van der Waals surface area (Å²) < 4.78 is 5.49. The van der Waals surface area contributed by atoms with Crippen molar-refractivity contribution in [1.82, 2.24) is 5.32 Å². The fourth-order valence-corrected chi connectivity index (χ4v) is 5.04. The summed E-state index contributed by atoms with van der Waals surface area (Å²) in [5.74, 6) is 0.201. The molecule has 0 fully saturated rings. The van der Waals surface area contributed by atoms with Gasteiger partial charge in [0.25, 0.3) is 0 Å². The fourth-order valence-electron chi connectivity index (χ4n) is 3.56. The number of nitrogens with zero attached hydrogens (tertiary/aromatic N) is 2. The Labute approximate surface area is 191 Å². The van der Waals surface area contributed by atoms with E-state index in [0.717, 1.165) is 10.5 Å². The van der Waals surface area contributed by atoms with E-state index in [0.29, 0.717) is 21.9 Å². The van der Waals surface area contributed by atoms with E-state index in [-0.39, 0.29) is 11.5 Å². The highest BCUT2D eigenvalue weighted by atomic mass is 35.5. The minimum Gasteiger partial charge on any atom is -0.444 e. The van der Waals surface area contributed by atoms with E-state index in [2.05, 4.69) is 5.32 Å². The Morgan fingerprint density at radius 1 is 1.16 bits per heavy atom. The first-order valence-corrected chi connectivity index (χ1v) is 11.1.